The van der Waals surface area contributed by atoms with Gasteiger partial charge in [-0.15, -0.1) is 10.2 Å². The minimum atomic E-state index is -0.976. The second-order valence-electron chi connectivity index (χ2n) is 6.50. The van der Waals surface area contributed by atoms with Gasteiger partial charge < -0.3 is 9.30 Å². The Morgan fingerprint density at radius 3 is 2.70 bits per heavy atom. The predicted octanol–water partition coefficient (Wildman–Crippen LogP) is 3.22. The zero-order valence-corrected chi connectivity index (χ0v) is 14.9. The normalized spacial score (nSPS) is 16.7. The molecule has 134 valence electrons. The van der Waals surface area contributed by atoms with Gasteiger partial charge in [0.1, 0.15) is 5.75 Å². The highest BCUT2D eigenvalue weighted by molar-refractivity contribution is 5.94. The summed E-state index contributed by atoms with van der Waals surface area (Å²) in [6.45, 7) is 0.458. The Hall–Kier alpha value is -3.46. The van der Waals surface area contributed by atoms with Gasteiger partial charge in [-0.1, -0.05) is 48.5 Å². The van der Waals surface area contributed by atoms with Crippen molar-refractivity contribution >= 4 is 5.78 Å². The van der Waals surface area contributed by atoms with Crippen molar-refractivity contribution in [2.24, 2.45) is 7.05 Å². The second-order valence-corrected chi connectivity index (χ2v) is 6.50. The number of ketones is 1. The van der Waals surface area contributed by atoms with Crippen molar-refractivity contribution in [2.75, 3.05) is 6.61 Å². The van der Waals surface area contributed by atoms with Crippen molar-refractivity contribution in [1.29, 1.82) is 5.26 Å². The van der Waals surface area contributed by atoms with Gasteiger partial charge >= 0.3 is 0 Å². The zero-order chi connectivity index (χ0) is 18.8. The van der Waals surface area contributed by atoms with Gasteiger partial charge in [-0.25, -0.2) is 0 Å². The van der Waals surface area contributed by atoms with Gasteiger partial charge in [-0.3, -0.25) is 4.79 Å². The first-order valence-electron chi connectivity index (χ1n) is 8.80. The lowest BCUT2D eigenvalue weighted by Crippen LogP contribution is -2.26. The predicted molar refractivity (Wildman–Crippen MR) is 99.1 cm³/mol. The maximum Gasteiger partial charge on any atom is 0.165 e. The number of carbonyl (C=O) groups is 1. The molecule has 0 saturated heterocycles. The number of nitrogens with zero attached hydrogens (tertiary/aromatic N) is 4. The molecule has 0 spiro atoms. The molecule has 0 bridgehead atoms. The zero-order valence-electron chi connectivity index (χ0n) is 14.9. The molecule has 6 nitrogen and oxygen atoms in total. The Morgan fingerprint density at radius 1 is 1.19 bits per heavy atom. The van der Waals surface area contributed by atoms with E-state index >= 15 is 0 Å². The van der Waals surface area contributed by atoms with Gasteiger partial charge in [-0.05, 0) is 12.5 Å². The smallest absolute Gasteiger partial charge is 0.165 e. The number of hydrogen-bond donors (Lipinski definition) is 0. The first-order valence-corrected chi connectivity index (χ1v) is 8.80. The summed E-state index contributed by atoms with van der Waals surface area (Å²) in [4.78, 5) is 13.2. The summed E-state index contributed by atoms with van der Waals surface area (Å²) in [7, 11) is 1.78. The summed E-state index contributed by atoms with van der Waals surface area (Å²) in [5, 5.41) is 18.1. The maximum absolute atomic E-state index is 13.2. The SMILES string of the molecule is Cn1c(-c2ccccc2)nnc1C(C#N)C(=O)C1CCOc2ccccc21. The number of carbonyl (C=O) groups excluding carboxylic acids is 1. The number of nitriles is 1. The van der Waals surface area contributed by atoms with Crippen molar-refractivity contribution < 1.29 is 9.53 Å². The van der Waals surface area contributed by atoms with Gasteiger partial charge in [0.2, 0.25) is 0 Å². The van der Waals surface area contributed by atoms with Crippen molar-refractivity contribution in [2.45, 2.75) is 18.3 Å². The van der Waals surface area contributed by atoms with Crippen molar-refractivity contribution in [3.05, 3.63) is 66.0 Å². The van der Waals surface area contributed by atoms with E-state index in [1.165, 1.54) is 0 Å². The van der Waals surface area contributed by atoms with Crippen LogP contribution in [0.15, 0.2) is 54.6 Å². The molecule has 2 atom stereocenters. The lowest BCUT2D eigenvalue weighted by atomic mass is 9.84. The lowest BCUT2D eigenvalue weighted by molar-refractivity contribution is -0.121. The molecule has 0 aliphatic carbocycles. The molecule has 6 heteroatoms. The summed E-state index contributed by atoms with van der Waals surface area (Å²) in [5.74, 6) is 0.189. The van der Waals surface area contributed by atoms with E-state index < -0.39 is 5.92 Å². The number of hydrogen-bond acceptors (Lipinski definition) is 5. The molecular weight excluding hydrogens is 340 g/mol. The van der Waals surface area contributed by atoms with Crippen LogP contribution in [0.5, 0.6) is 5.75 Å². The van der Waals surface area contributed by atoms with Gasteiger partial charge in [0.25, 0.3) is 0 Å². The number of fused-ring (bicyclic) bond motifs is 1. The number of benzene rings is 2. The number of aromatic nitrogens is 3. The van der Waals surface area contributed by atoms with E-state index in [2.05, 4.69) is 16.3 Å². The number of para-hydroxylation sites is 1. The van der Waals surface area contributed by atoms with Crippen LogP contribution in [0.2, 0.25) is 0 Å². The van der Waals surface area contributed by atoms with Gasteiger partial charge in [0.15, 0.2) is 23.3 Å². The topological polar surface area (TPSA) is 80.8 Å². The molecule has 4 rings (SSSR count). The molecule has 27 heavy (non-hydrogen) atoms. The maximum atomic E-state index is 13.2. The quantitative estimate of drug-likeness (QED) is 0.715. The Balaban J connectivity index is 1.69. The monoisotopic (exact) mass is 358 g/mol. The third-order valence-electron chi connectivity index (χ3n) is 4.91. The van der Waals surface area contributed by atoms with Crippen LogP contribution >= 0.6 is 0 Å². The second kappa shape index (κ2) is 7.04. The highest BCUT2D eigenvalue weighted by atomic mass is 16.5. The van der Waals surface area contributed by atoms with Gasteiger partial charge in [-0.2, -0.15) is 5.26 Å². The summed E-state index contributed by atoms with van der Waals surface area (Å²) in [6, 6.07) is 19.2. The molecule has 0 N–H and O–H groups in total. The summed E-state index contributed by atoms with van der Waals surface area (Å²) >= 11 is 0. The average Bonchev–Trinajstić information content (AvgIpc) is 3.10. The van der Waals surface area contributed by atoms with Crippen LogP contribution in [0, 0.1) is 11.3 Å². The molecule has 1 aliphatic heterocycles. The molecule has 0 radical (unpaired) electrons. The minimum Gasteiger partial charge on any atom is -0.493 e. The molecule has 0 fully saturated rings. The Kier molecular flexibility index (Phi) is 4.43. The first kappa shape index (κ1) is 17.0. The molecule has 2 aromatic carbocycles. The van der Waals surface area contributed by atoms with Gasteiger partial charge in [0, 0.05) is 18.2 Å². The fourth-order valence-electron chi connectivity index (χ4n) is 3.52. The first-order chi connectivity index (χ1) is 13.2. The summed E-state index contributed by atoms with van der Waals surface area (Å²) in [6.07, 6.45) is 0.553. The molecule has 3 aromatic rings. The van der Waals surface area contributed by atoms with E-state index in [0.717, 1.165) is 11.1 Å². The Labute approximate surface area is 157 Å². The number of Topliss-reactive ketones (excluding diaryl/α,β-unsaturated/α-hetero) is 1. The molecule has 2 heterocycles. The van der Waals surface area contributed by atoms with E-state index in [0.29, 0.717) is 30.4 Å². The fourth-order valence-corrected chi connectivity index (χ4v) is 3.52. The van der Waals surface area contributed by atoms with Crippen molar-refractivity contribution in [3.63, 3.8) is 0 Å². The lowest BCUT2D eigenvalue weighted by Gasteiger charge is -2.26. The van der Waals surface area contributed by atoms with Crippen LogP contribution in [0.4, 0.5) is 0 Å². The van der Waals surface area contributed by atoms with E-state index in [1.807, 2.05) is 54.6 Å². The van der Waals surface area contributed by atoms with Crippen LogP contribution in [-0.4, -0.2) is 27.2 Å². The highest BCUT2D eigenvalue weighted by Crippen LogP contribution is 2.37. The van der Waals surface area contributed by atoms with Crippen molar-refractivity contribution in [1.82, 2.24) is 14.8 Å². The van der Waals surface area contributed by atoms with E-state index in [-0.39, 0.29) is 11.7 Å². The van der Waals surface area contributed by atoms with E-state index in [9.17, 15) is 10.1 Å². The molecule has 2 unspecified atom stereocenters. The van der Waals surface area contributed by atoms with Crippen LogP contribution in [0.3, 0.4) is 0 Å². The van der Waals surface area contributed by atoms with Crippen LogP contribution in [-0.2, 0) is 11.8 Å². The molecular formula is C21H18N4O2. The van der Waals surface area contributed by atoms with Crippen LogP contribution < -0.4 is 4.74 Å². The highest BCUT2D eigenvalue weighted by Gasteiger charge is 2.36. The molecule has 0 amide bonds. The Bertz CT molecular complexity index is 1020. The molecule has 0 saturated carbocycles. The number of rotatable bonds is 4. The van der Waals surface area contributed by atoms with Crippen LogP contribution in [0.25, 0.3) is 11.4 Å². The summed E-state index contributed by atoms with van der Waals surface area (Å²) in [5.41, 5.74) is 1.72. The largest absolute Gasteiger partial charge is 0.493 e. The van der Waals surface area contributed by atoms with E-state index in [1.54, 1.807) is 11.6 Å². The standard InChI is InChI=1S/C21H18N4O2/c1-25-20(14-7-3-2-4-8-14)23-24-21(25)17(13-22)19(26)16-11-12-27-18-10-6-5-9-15(16)18/h2-10,16-17H,11-12H2,1H3. The van der Waals surface area contributed by atoms with E-state index in [4.69, 9.17) is 4.74 Å². The summed E-state index contributed by atoms with van der Waals surface area (Å²) < 4.78 is 7.37. The fraction of sp³-hybridized carbons (Fsp3) is 0.238. The third kappa shape index (κ3) is 2.97. The van der Waals surface area contributed by atoms with Gasteiger partial charge in [0.05, 0.1) is 18.6 Å². The van der Waals surface area contributed by atoms with Crippen molar-refractivity contribution in [3.8, 4) is 23.2 Å². The Morgan fingerprint density at radius 2 is 1.93 bits per heavy atom. The third-order valence-corrected chi connectivity index (χ3v) is 4.91. The molecule has 1 aliphatic rings. The molecule has 1 aromatic heterocycles. The number of ether oxygens (including phenoxy) is 1. The minimum absolute atomic E-state index is 0.164. The van der Waals surface area contributed by atoms with Crippen LogP contribution in [0.1, 0.15) is 29.6 Å². The average molecular weight is 358 g/mol.